The Kier molecular flexibility index (Phi) is 7.27. The molecule has 2 unspecified atom stereocenters. The van der Waals surface area contributed by atoms with Gasteiger partial charge in [0.1, 0.15) is 0 Å². The molecule has 2 aromatic rings. The number of nitrogens with one attached hydrogen (secondary N) is 2. The Morgan fingerprint density at radius 2 is 2.10 bits per heavy atom. The predicted octanol–water partition coefficient (Wildman–Crippen LogP) is 1.71. The number of sulfonamides is 1. The lowest BCUT2D eigenvalue weighted by Gasteiger charge is -2.39. The minimum atomic E-state index is -3.50. The molecule has 9 heteroatoms. The molecule has 1 aromatic heterocycles. The maximum atomic E-state index is 12.3. The zero-order valence-corrected chi connectivity index (χ0v) is 17.8. The molecular weight excluding hydrogens is 388 g/mol. The van der Waals surface area contributed by atoms with Gasteiger partial charge in [0.2, 0.25) is 10.0 Å². The molecule has 1 aliphatic heterocycles. The summed E-state index contributed by atoms with van der Waals surface area (Å²) in [5, 5.41) is 3.34. The maximum Gasteiger partial charge on any atom is 0.240 e. The van der Waals surface area contributed by atoms with Crippen LogP contribution in [0.15, 0.2) is 58.9 Å². The van der Waals surface area contributed by atoms with Crippen LogP contribution in [0.25, 0.3) is 0 Å². The molecule has 0 saturated carbocycles. The second-order valence-electron chi connectivity index (χ2n) is 7.24. The van der Waals surface area contributed by atoms with E-state index in [0.29, 0.717) is 18.5 Å². The van der Waals surface area contributed by atoms with Crippen LogP contribution in [-0.2, 0) is 10.0 Å². The number of piperidine rings is 1. The van der Waals surface area contributed by atoms with E-state index in [2.05, 4.69) is 36.4 Å². The van der Waals surface area contributed by atoms with E-state index < -0.39 is 10.0 Å². The van der Waals surface area contributed by atoms with Gasteiger partial charge >= 0.3 is 0 Å². The fourth-order valence-corrected chi connectivity index (χ4v) is 4.59. The summed E-state index contributed by atoms with van der Waals surface area (Å²) < 4.78 is 29.4. The zero-order valence-electron chi connectivity index (χ0n) is 17.0. The predicted molar refractivity (Wildman–Crippen MR) is 114 cm³/mol. The first-order valence-electron chi connectivity index (χ1n) is 10.1. The Morgan fingerprint density at radius 3 is 2.79 bits per heavy atom. The number of aromatic nitrogens is 2. The van der Waals surface area contributed by atoms with Crippen molar-refractivity contribution in [3.63, 3.8) is 0 Å². The summed E-state index contributed by atoms with van der Waals surface area (Å²) in [6, 6.07) is 8.73. The molecule has 1 saturated heterocycles. The molecule has 8 nitrogen and oxygen atoms in total. The SMILES string of the molecule is CCNC(=NCCNS(=O)(=O)c1ccccc1)N1CCC(C)C(n2ccnc2)C1. The second kappa shape index (κ2) is 9.89. The first-order chi connectivity index (χ1) is 14.0. The van der Waals surface area contributed by atoms with E-state index in [1.54, 1.807) is 30.3 Å². The van der Waals surface area contributed by atoms with Crippen LogP contribution in [0.1, 0.15) is 26.3 Å². The van der Waals surface area contributed by atoms with Crippen molar-refractivity contribution in [2.75, 3.05) is 32.7 Å². The van der Waals surface area contributed by atoms with E-state index in [-0.39, 0.29) is 11.4 Å². The number of rotatable bonds is 7. The van der Waals surface area contributed by atoms with Gasteiger partial charge in [-0.15, -0.1) is 0 Å². The van der Waals surface area contributed by atoms with E-state index in [1.807, 2.05) is 25.6 Å². The summed E-state index contributed by atoms with van der Waals surface area (Å²) in [4.78, 5) is 11.4. The number of imidazole rings is 1. The topological polar surface area (TPSA) is 91.6 Å². The van der Waals surface area contributed by atoms with Gasteiger partial charge in [0.15, 0.2) is 5.96 Å². The average Bonchev–Trinajstić information content (AvgIpc) is 3.26. The van der Waals surface area contributed by atoms with E-state index in [0.717, 1.165) is 32.0 Å². The van der Waals surface area contributed by atoms with Gasteiger partial charge in [0, 0.05) is 38.6 Å². The van der Waals surface area contributed by atoms with Gasteiger partial charge in [0.05, 0.1) is 23.8 Å². The van der Waals surface area contributed by atoms with Gasteiger partial charge in [-0.2, -0.15) is 0 Å². The number of guanidine groups is 1. The number of likely N-dealkylation sites (tertiary alicyclic amines) is 1. The zero-order chi connectivity index (χ0) is 20.7. The largest absolute Gasteiger partial charge is 0.357 e. The molecule has 0 radical (unpaired) electrons. The van der Waals surface area contributed by atoms with Crippen molar-refractivity contribution in [2.45, 2.75) is 31.2 Å². The molecule has 29 heavy (non-hydrogen) atoms. The van der Waals surface area contributed by atoms with Crippen LogP contribution in [-0.4, -0.2) is 61.6 Å². The average molecular weight is 419 g/mol. The van der Waals surface area contributed by atoms with Crippen molar-refractivity contribution in [3.8, 4) is 0 Å². The lowest BCUT2D eigenvalue weighted by Crippen LogP contribution is -2.49. The van der Waals surface area contributed by atoms with Crippen molar-refractivity contribution in [1.29, 1.82) is 0 Å². The third-order valence-electron chi connectivity index (χ3n) is 5.18. The highest BCUT2D eigenvalue weighted by Gasteiger charge is 2.28. The minimum Gasteiger partial charge on any atom is -0.357 e. The Hall–Kier alpha value is -2.39. The molecule has 2 N–H and O–H groups in total. The Morgan fingerprint density at radius 1 is 1.31 bits per heavy atom. The van der Waals surface area contributed by atoms with Crippen LogP contribution in [0, 0.1) is 5.92 Å². The van der Waals surface area contributed by atoms with E-state index >= 15 is 0 Å². The summed E-state index contributed by atoms with van der Waals surface area (Å²) in [5.74, 6) is 1.38. The Labute approximate surface area is 173 Å². The highest BCUT2D eigenvalue weighted by molar-refractivity contribution is 7.89. The maximum absolute atomic E-state index is 12.3. The van der Waals surface area contributed by atoms with E-state index in [4.69, 9.17) is 0 Å². The first-order valence-corrected chi connectivity index (χ1v) is 11.5. The van der Waals surface area contributed by atoms with E-state index in [9.17, 15) is 8.42 Å². The number of hydrogen-bond acceptors (Lipinski definition) is 4. The lowest BCUT2D eigenvalue weighted by molar-refractivity contribution is 0.189. The summed E-state index contributed by atoms with van der Waals surface area (Å²) in [5.41, 5.74) is 0. The molecule has 158 valence electrons. The number of aliphatic imine (C=N–C) groups is 1. The van der Waals surface area contributed by atoms with Crippen LogP contribution in [0.2, 0.25) is 0 Å². The first kappa shape index (κ1) is 21.3. The molecule has 0 spiro atoms. The van der Waals surface area contributed by atoms with Crippen molar-refractivity contribution >= 4 is 16.0 Å². The fraction of sp³-hybridized carbons (Fsp3) is 0.500. The van der Waals surface area contributed by atoms with Crippen LogP contribution < -0.4 is 10.0 Å². The standard InChI is InChI=1S/C20H30N6O2S/c1-3-22-20(23-10-11-24-29(27,28)18-7-5-4-6-8-18)25-13-9-17(2)19(15-25)26-14-12-21-16-26/h4-8,12,14,16-17,19,24H,3,9-11,13,15H2,1-2H3,(H,22,23). The summed E-state index contributed by atoms with van der Waals surface area (Å²) >= 11 is 0. The monoisotopic (exact) mass is 418 g/mol. The molecule has 1 aromatic carbocycles. The van der Waals surface area contributed by atoms with Gasteiger partial charge in [-0.25, -0.2) is 18.1 Å². The molecule has 3 rings (SSSR count). The van der Waals surface area contributed by atoms with E-state index in [1.165, 1.54) is 0 Å². The second-order valence-corrected chi connectivity index (χ2v) is 9.00. The summed E-state index contributed by atoms with van der Waals surface area (Å²) in [6.07, 6.45) is 6.75. The third kappa shape index (κ3) is 5.57. The normalized spacial score (nSPS) is 20.6. The summed E-state index contributed by atoms with van der Waals surface area (Å²) in [6.45, 7) is 7.46. The van der Waals surface area contributed by atoms with Crippen molar-refractivity contribution in [3.05, 3.63) is 49.1 Å². The molecule has 1 aliphatic rings. The molecule has 0 amide bonds. The van der Waals surface area contributed by atoms with Crippen molar-refractivity contribution in [2.24, 2.45) is 10.9 Å². The molecule has 0 bridgehead atoms. The van der Waals surface area contributed by atoms with Crippen LogP contribution >= 0.6 is 0 Å². The number of nitrogens with zero attached hydrogens (tertiary/aromatic N) is 4. The fourth-order valence-electron chi connectivity index (χ4n) is 3.55. The quantitative estimate of drug-likeness (QED) is 0.406. The minimum absolute atomic E-state index is 0.251. The smallest absolute Gasteiger partial charge is 0.240 e. The molecule has 1 fully saturated rings. The van der Waals surface area contributed by atoms with Gasteiger partial charge in [-0.05, 0) is 31.4 Å². The Bertz CT molecular complexity index is 883. The van der Waals surface area contributed by atoms with Crippen LogP contribution in [0.4, 0.5) is 0 Å². The number of benzene rings is 1. The van der Waals surface area contributed by atoms with Gasteiger partial charge in [-0.3, -0.25) is 4.99 Å². The van der Waals surface area contributed by atoms with Gasteiger partial charge in [-0.1, -0.05) is 25.1 Å². The van der Waals surface area contributed by atoms with Crippen LogP contribution in [0.3, 0.4) is 0 Å². The van der Waals surface area contributed by atoms with Crippen molar-refractivity contribution < 1.29 is 8.42 Å². The molecule has 2 heterocycles. The molecular formula is C20H30N6O2S. The third-order valence-corrected chi connectivity index (χ3v) is 6.66. The lowest BCUT2D eigenvalue weighted by atomic mass is 9.93. The summed E-state index contributed by atoms with van der Waals surface area (Å²) in [7, 11) is -3.50. The van der Waals surface area contributed by atoms with Gasteiger partial charge in [0.25, 0.3) is 0 Å². The highest BCUT2D eigenvalue weighted by atomic mass is 32.2. The Balaban J connectivity index is 1.61. The highest BCUT2D eigenvalue weighted by Crippen LogP contribution is 2.27. The van der Waals surface area contributed by atoms with Crippen LogP contribution in [0.5, 0.6) is 0 Å². The molecule has 0 aliphatic carbocycles. The van der Waals surface area contributed by atoms with Crippen molar-refractivity contribution in [1.82, 2.24) is 24.5 Å². The molecule has 2 atom stereocenters. The number of hydrogen-bond donors (Lipinski definition) is 2. The van der Waals surface area contributed by atoms with Gasteiger partial charge < -0.3 is 14.8 Å².